The summed E-state index contributed by atoms with van der Waals surface area (Å²) in [4.78, 5) is 18.0. The number of carbonyl (C=O) groups is 1. The van der Waals surface area contributed by atoms with Crippen molar-refractivity contribution < 1.29 is 27.4 Å². The monoisotopic (exact) mass is 435 g/mol. The Morgan fingerprint density at radius 2 is 1.90 bits per heavy atom. The topological polar surface area (TPSA) is 48.4 Å². The van der Waals surface area contributed by atoms with E-state index in [2.05, 4.69) is 4.98 Å². The Balaban J connectivity index is 2.35. The number of thioether (sulfide) groups is 1. The fourth-order valence-corrected chi connectivity index (χ4v) is 4.08. The van der Waals surface area contributed by atoms with Gasteiger partial charge in [0.25, 0.3) is 0 Å². The molecule has 1 aromatic heterocycles. The van der Waals surface area contributed by atoms with E-state index in [0.717, 1.165) is 22.8 Å². The summed E-state index contributed by atoms with van der Waals surface area (Å²) in [7, 11) is 2.80. The predicted octanol–water partition coefficient (Wildman–Crippen LogP) is 6.14. The minimum atomic E-state index is -4.48. The van der Waals surface area contributed by atoms with E-state index in [0.29, 0.717) is 22.2 Å². The normalized spacial score (nSPS) is 11.6. The maximum atomic E-state index is 13.2. The summed E-state index contributed by atoms with van der Waals surface area (Å²) in [5, 5.41) is 0.562. The maximum Gasteiger partial charge on any atom is 0.416 e. The van der Waals surface area contributed by atoms with Gasteiger partial charge in [0.1, 0.15) is 5.75 Å². The predicted molar refractivity (Wildman–Crippen MR) is 111 cm³/mol. The van der Waals surface area contributed by atoms with Gasteiger partial charge >= 0.3 is 12.1 Å². The molecule has 0 unspecified atom stereocenters. The van der Waals surface area contributed by atoms with Gasteiger partial charge in [-0.1, -0.05) is 19.1 Å². The molecule has 30 heavy (non-hydrogen) atoms. The molecule has 158 valence electrons. The van der Waals surface area contributed by atoms with E-state index in [1.807, 2.05) is 13.0 Å². The summed E-state index contributed by atoms with van der Waals surface area (Å²) in [5.41, 5.74) is 0.924. The quantitative estimate of drug-likeness (QED) is 0.356. The Kier molecular flexibility index (Phi) is 6.26. The molecule has 0 aliphatic carbocycles. The van der Waals surface area contributed by atoms with Crippen molar-refractivity contribution in [2.24, 2.45) is 0 Å². The minimum absolute atomic E-state index is 0.264. The number of halogens is 3. The second-order valence-corrected chi connectivity index (χ2v) is 7.79. The van der Waals surface area contributed by atoms with E-state index in [4.69, 9.17) is 9.47 Å². The van der Waals surface area contributed by atoms with Crippen molar-refractivity contribution in [1.82, 2.24) is 4.98 Å². The Hall–Kier alpha value is -2.74. The Morgan fingerprint density at radius 1 is 1.17 bits per heavy atom. The van der Waals surface area contributed by atoms with Crippen LogP contribution in [0.3, 0.4) is 0 Å². The van der Waals surface area contributed by atoms with Gasteiger partial charge in [0.05, 0.1) is 41.5 Å². The number of esters is 1. The number of carbonyl (C=O) groups excluding carboxylic acids is 1. The lowest BCUT2D eigenvalue weighted by Gasteiger charge is -2.16. The molecule has 3 rings (SSSR count). The Morgan fingerprint density at radius 3 is 2.50 bits per heavy atom. The molecule has 0 saturated carbocycles. The van der Waals surface area contributed by atoms with Gasteiger partial charge in [-0.3, -0.25) is 0 Å². The summed E-state index contributed by atoms with van der Waals surface area (Å²) < 4.78 is 50.0. The van der Waals surface area contributed by atoms with E-state index in [1.54, 1.807) is 24.8 Å². The lowest BCUT2D eigenvalue weighted by atomic mass is 9.96. The first kappa shape index (κ1) is 22.0. The highest BCUT2D eigenvalue weighted by molar-refractivity contribution is 7.99. The molecule has 0 aliphatic rings. The van der Waals surface area contributed by atoms with Gasteiger partial charge in [0.15, 0.2) is 0 Å². The van der Waals surface area contributed by atoms with E-state index in [-0.39, 0.29) is 16.8 Å². The van der Waals surface area contributed by atoms with Gasteiger partial charge < -0.3 is 9.47 Å². The fraction of sp³-hybridized carbons (Fsp3) is 0.273. The molecular weight excluding hydrogens is 415 g/mol. The highest BCUT2D eigenvalue weighted by atomic mass is 32.2. The van der Waals surface area contributed by atoms with Gasteiger partial charge in [0, 0.05) is 17.0 Å². The van der Waals surface area contributed by atoms with E-state index in [9.17, 15) is 18.0 Å². The number of alkyl halides is 3. The summed E-state index contributed by atoms with van der Waals surface area (Å²) in [6.45, 7) is 3.65. The number of hydrogen-bond acceptors (Lipinski definition) is 5. The van der Waals surface area contributed by atoms with Crippen molar-refractivity contribution >= 4 is 28.6 Å². The lowest BCUT2D eigenvalue weighted by molar-refractivity contribution is -0.137. The number of ether oxygens (including phenoxy) is 2. The molecule has 0 radical (unpaired) electrons. The highest BCUT2D eigenvalue weighted by Gasteiger charge is 2.31. The summed E-state index contributed by atoms with van der Waals surface area (Å²) in [6, 6.07) is 8.39. The van der Waals surface area contributed by atoms with Crippen LogP contribution in [0.4, 0.5) is 13.2 Å². The van der Waals surface area contributed by atoms with Crippen molar-refractivity contribution in [2.45, 2.75) is 24.9 Å². The molecule has 0 N–H and O–H groups in total. The van der Waals surface area contributed by atoms with E-state index >= 15 is 0 Å². The minimum Gasteiger partial charge on any atom is -0.496 e. The van der Waals surface area contributed by atoms with Crippen molar-refractivity contribution in [3.63, 3.8) is 0 Å². The van der Waals surface area contributed by atoms with Crippen molar-refractivity contribution in [1.29, 1.82) is 0 Å². The van der Waals surface area contributed by atoms with Gasteiger partial charge in [-0.15, -0.1) is 11.8 Å². The first-order valence-corrected chi connectivity index (χ1v) is 10.1. The highest BCUT2D eigenvalue weighted by Crippen LogP contribution is 2.38. The molecule has 8 heteroatoms. The number of fused-ring (bicyclic) bond motifs is 1. The third-order valence-electron chi connectivity index (χ3n) is 4.67. The van der Waals surface area contributed by atoms with E-state index in [1.165, 1.54) is 26.4 Å². The van der Waals surface area contributed by atoms with Crippen molar-refractivity contribution in [2.75, 3.05) is 20.0 Å². The standard InChI is InChI=1S/C22H20F3NO3S/c1-5-30-18-10-15-16(11-17(18)28-3)26-20(12(2)19(15)21(27)29-4)13-7-6-8-14(9-13)22(23,24)25/h6-11H,5H2,1-4H3. The van der Waals surface area contributed by atoms with Gasteiger partial charge in [-0.05, 0) is 36.4 Å². The first-order valence-electron chi connectivity index (χ1n) is 9.12. The molecule has 0 spiro atoms. The van der Waals surface area contributed by atoms with Crippen LogP contribution in [-0.4, -0.2) is 30.9 Å². The molecule has 2 aromatic carbocycles. The summed E-state index contributed by atoms with van der Waals surface area (Å²) >= 11 is 1.55. The van der Waals surface area contributed by atoms with Crippen LogP contribution in [0, 0.1) is 6.92 Å². The SMILES string of the molecule is CCSc1cc2c(C(=O)OC)c(C)c(-c3cccc(C(F)(F)F)c3)nc2cc1OC. The van der Waals surface area contributed by atoms with Crippen molar-refractivity contribution in [3.8, 4) is 17.0 Å². The molecule has 0 amide bonds. The molecule has 0 bridgehead atoms. The number of benzene rings is 2. The van der Waals surface area contributed by atoms with Crippen LogP contribution in [0.2, 0.25) is 0 Å². The Bertz CT molecular complexity index is 1110. The number of methoxy groups -OCH3 is 2. The van der Waals surface area contributed by atoms with Crippen LogP contribution in [0.1, 0.15) is 28.4 Å². The number of rotatable bonds is 5. The van der Waals surface area contributed by atoms with Crippen LogP contribution < -0.4 is 4.74 Å². The third-order valence-corrected chi connectivity index (χ3v) is 5.59. The molecule has 0 aliphatic heterocycles. The molecule has 4 nitrogen and oxygen atoms in total. The average Bonchev–Trinajstić information content (AvgIpc) is 2.72. The zero-order chi connectivity index (χ0) is 22.1. The Labute approximate surface area is 176 Å². The largest absolute Gasteiger partial charge is 0.496 e. The van der Waals surface area contributed by atoms with Crippen LogP contribution in [-0.2, 0) is 10.9 Å². The molecule has 0 fully saturated rings. The zero-order valence-electron chi connectivity index (χ0n) is 16.9. The number of hydrogen-bond donors (Lipinski definition) is 0. The van der Waals surface area contributed by atoms with Gasteiger partial charge in [-0.25, -0.2) is 9.78 Å². The fourth-order valence-electron chi connectivity index (χ4n) is 3.28. The molecule has 0 saturated heterocycles. The summed E-state index contributed by atoms with van der Waals surface area (Å²) in [5.74, 6) is 0.798. The summed E-state index contributed by atoms with van der Waals surface area (Å²) in [6.07, 6.45) is -4.48. The van der Waals surface area contributed by atoms with Crippen LogP contribution >= 0.6 is 11.8 Å². The van der Waals surface area contributed by atoms with Crippen molar-refractivity contribution in [3.05, 3.63) is 53.1 Å². The van der Waals surface area contributed by atoms with Crippen LogP contribution in [0.5, 0.6) is 5.75 Å². The zero-order valence-corrected chi connectivity index (χ0v) is 17.7. The van der Waals surface area contributed by atoms with E-state index < -0.39 is 17.7 Å². The van der Waals surface area contributed by atoms with Crippen LogP contribution in [0.15, 0.2) is 41.3 Å². The number of nitrogens with zero attached hydrogens (tertiary/aromatic N) is 1. The second kappa shape index (κ2) is 8.55. The molecular formula is C22H20F3NO3S. The average molecular weight is 435 g/mol. The van der Waals surface area contributed by atoms with Gasteiger partial charge in [-0.2, -0.15) is 13.2 Å². The smallest absolute Gasteiger partial charge is 0.416 e. The maximum absolute atomic E-state index is 13.2. The number of pyridine rings is 1. The number of aromatic nitrogens is 1. The molecule has 1 heterocycles. The second-order valence-electron chi connectivity index (χ2n) is 6.48. The lowest BCUT2D eigenvalue weighted by Crippen LogP contribution is -2.09. The first-order chi connectivity index (χ1) is 14.2. The van der Waals surface area contributed by atoms with Crippen LogP contribution in [0.25, 0.3) is 22.2 Å². The molecule has 3 aromatic rings. The third kappa shape index (κ3) is 4.09. The molecule has 0 atom stereocenters. The van der Waals surface area contributed by atoms with Gasteiger partial charge in [0.2, 0.25) is 0 Å².